The molecule has 1 unspecified atom stereocenters. The van der Waals surface area contributed by atoms with Crippen LogP contribution in [0.15, 0.2) is 24.3 Å². The van der Waals surface area contributed by atoms with Crippen LogP contribution in [0.1, 0.15) is 25.8 Å². The predicted molar refractivity (Wildman–Crippen MR) is 71.7 cm³/mol. The number of carboxylic acid groups (broad SMARTS) is 1. The SMILES string of the molecule is CC(C)(C(=O)N1CCC(C(=O)O)C1)c1ccc(F)cc1. The minimum Gasteiger partial charge on any atom is -0.481 e. The van der Waals surface area contributed by atoms with E-state index in [9.17, 15) is 14.0 Å². The number of aliphatic carboxylic acids is 1. The van der Waals surface area contributed by atoms with E-state index in [1.165, 1.54) is 12.1 Å². The first-order chi connectivity index (χ1) is 9.32. The van der Waals surface area contributed by atoms with Gasteiger partial charge in [-0.25, -0.2) is 4.39 Å². The van der Waals surface area contributed by atoms with Crippen molar-refractivity contribution in [3.05, 3.63) is 35.6 Å². The molecule has 0 bridgehead atoms. The smallest absolute Gasteiger partial charge is 0.308 e. The van der Waals surface area contributed by atoms with Crippen molar-refractivity contribution in [2.45, 2.75) is 25.7 Å². The van der Waals surface area contributed by atoms with Gasteiger partial charge in [0.2, 0.25) is 5.91 Å². The lowest BCUT2D eigenvalue weighted by Crippen LogP contribution is -2.42. The predicted octanol–water partition coefficient (Wildman–Crippen LogP) is 2.04. The van der Waals surface area contributed by atoms with Crippen molar-refractivity contribution >= 4 is 11.9 Å². The molecule has 1 atom stereocenters. The summed E-state index contributed by atoms with van der Waals surface area (Å²) in [7, 11) is 0. The van der Waals surface area contributed by atoms with Gasteiger partial charge in [0, 0.05) is 13.1 Å². The quantitative estimate of drug-likeness (QED) is 0.921. The van der Waals surface area contributed by atoms with Gasteiger partial charge in [-0.1, -0.05) is 12.1 Å². The average Bonchev–Trinajstić information content (AvgIpc) is 2.88. The maximum absolute atomic E-state index is 13.0. The fraction of sp³-hybridized carbons (Fsp3) is 0.467. The molecule has 0 aliphatic carbocycles. The number of carbonyl (C=O) groups excluding carboxylic acids is 1. The molecule has 20 heavy (non-hydrogen) atoms. The molecule has 1 heterocycles. The molecule has 1 amide bonds. The number of rotatable bonds is 3. The summed E-state index contributed by atoms with van der Waals surface area (Å²) in [5.74, 6) is -1.81. The Kier molecular flexibility index (Phi) is 3.79. The first-order valence-corrected chi connectivity index (χ1v) is 6.60. The molecule has 1 N–H and O–H groups in total. The van der Waals surface area contributed by atoms with Crippen LogP contribution in [0, 0.1) is 11.7 Å². The second-order valence-corrected chi connectivity index (χ2v) is 5.71. The van der Waals surface area contributed by atoms with E-state index >= 15 is 0 Å². The summed E-state index contributed by atoms with van der Waals surface area (Å²) in [6, 6.07) is 5.85. The summed E-state index contributed by atoms with van der Waals surface area (Å²) in [5.41, 5.74) is -0.0659. The fourth-order valence-corrected chi connectivity index (χ4v) is 2.53. The molecule has 1 aliphatic rings. The Morgan fingerprint density at radius 2 is 1.90 bits per heavy atom. The highest BCUT2D eigenvalue weighted by atomic mass is 19.1. The fourth-order valence-electron chi connectivity index (χ4n) is 2.53. The average molecular weight is 279 g/mol. The van der Waals surface area contributed by atoms with Gasteiger partial charge in [0.15, 0.2) is 0 Å². The lowest BCUT2D eigenvalue weighted by atomic mass is 9.83. The standard InChI is InChI=1S/C15H18FNO3/c1-15(2,11-3-5-12(16)6-4-11)14(20)17-8-7-10(9-17)13(18)19/h3-6,10H,7-9H2,1-2H3,(H,18,19). The van der Waals surface area contributed by atoms with Gasteiger partial charge >= 0.3 is 5.97 Å². The highest BCUT2D eigenvalue weighted by molar-refractivity contribution is 5.88. The van der Waals surface area contributed by atoms with Crippen molar-refractivity contribution in [2.24, 2.45) is 5.92 Å². The van der Waals surface area contributed by atoms with Crippen LogP contribution >= 0.6 is 0 Å². The molecule has 0 radical (unpaired) electrons. The van der Waals surface area contributed by atoms with Crippen LogP contribution in [0.5, 0.6) is 0 Å². The van der Waals surface area contributed by atoms with Crippen molar-refractivity contribution < 1.29 is 19.1 Å². The monoisotopic (exact) mass is 279 g/mol. The van der Waals surface area contributed by atoms with Gasteiger partial charge < -0.3 is 10.0 Å². The molecule has 0 saturated carbocycles. The van der Waals surface area contributed by atoms with Crippen molar-refractivity contribution in [2.75, 3.05) is 13.1 Å². The Hall–Kier alpha value is -1.91. The van der Waals surface area contributed by atoms with E-state index in [0.717, 1.165) is 5.56 Å². The number of hydrogen-bond acceptors (Lipinski definition) is 2. The van der Waals surface area contributed by atoms with Gasteiger partial charge in [0.25, 0.3) is 0 Å². The van der Waals surface area contributed by atoms with Crippen molar-refractivity contribution in [3.8, 4) is 0 Å². The number of nitrogens with zero attached hydrogens (tertiary/aromatic N) is 1. The van der Waals surface area contributed by atoms with Crippen molar-refractivity contribution in [1.29, 1.82) is 0 Å². The minimum atomic E-state index is -0.861. The molecular formula is C15H18FNO3. The van der Waals surface area contributed by atoms with Crippen molar-refractivity contribution in [1.82, 2.24) is 4.90 Å². The topological polar surface area (TPSA) is 57.6 Å². The van der Waals surface area contributed by atoms with Gasteiger partial charge in [-0.05, 0) is 38.0 Å². The Bertz CT molecular complexity index is 524. The van der Waals surface area contributed by atoms with Gasteiger partial charge in [-0.2, -0.15) is 0 Å². The summed E-state index contributed by atoms with van der Waals surface area (Å²) in [4.78, 5) is 25.1. The third-order valence-electron chi connectivity index (χ3n) is 3.93. The van der Waals surface area contributed by atoms with Crippen LogP contribution in [-0.2, 0) is 15.0 Å². The lowest BCUT2D eigenvalue weighted by Gasteiger charge is -2.29. The molecule has 5 heteroatoms. The first-order valence-electron chi connectivity index (χ1n) is 6.60. The number of carboxylic acids is 1. The number of hydrogen-bond donors (Lipinski definition) is 1. The molecule has 4 nitrogen and oxygen atoms in total. The summed E-state index contributed by atoms with van der Waals surface area (Å²) in [6.07, 6.45) is 0.487. The van der Waals surface area contributed by atoms with E-state index < -0.39 is 17.3 Å². The van der Waals surface area contributed by atoms with E-state index in [0.29, 0.717) is 13.0 Å². The third-order valence-corrected chi connectivity index (χ3v) is 3.93. The van der Waals surface area contributed by atoms with E-state index in [2.05, 4.69) is 0 Å². The maximum Gasteiger partial charge on any atom is 0.308 e. The van der Waals surface area contributed by atoms with Crippen LogP contribution in [-0.4, -0.2) is 35.0 Å². The number of carbonyl (C=O) groups is 2. The second-order valence-electron chi connectivity index (χ2n) is 5.71. The molecule has 0 aromatic heterocycles. The molecule has 0 spiro atoms. The molecular weight excluding hydrogens is 261 g/mol. The van der Waals surface area contributed by atoms with Crippen LogP contribution in [0.3, 0.4) is 0 Å². The third kappa shape index (κ3) is 2.66. The zero-order valence-corrected chi connectivity index (χ0v) is 11.6. The maximum atomic E-state index is 13.0. The Labute approximate surface area is 117 Å². The molecule has 108 valence electrons. The lowest BCUT2D eigenvalue weighted by molar-refractivity contribution is -0.141. The van der Waals surface area contributed by atoms with Crippen LogP contribution in [0.25, 0.3) is 0 Å². The zero-order chi connectivity index (χ0) is 14.9. The molecule has 1 aromatic carbocycles. The van der Waals surface area contributed by atoms with Crippen LogP contribution in [0.4, 0.5) is 4.39 Å². The van der Waals surface area contributed by atoms with E-state index in [-0.39, 0.29) is 18.3 Å². The Balaban J connectivity index is 2.15. The second kappa shape index (κ2) is 5.23. The summed E-state index contributed by atoms with van der Waals surface area (Å²) >= 11 is 0. The Morgan fingerprint density at radius 3 is 2.40 bits per heavy atom. The molecule has 1 fully saturated rings. The molecule has 2 rings (SSSR count). The molecule has 1 saturated heterocycles. The summed E-state index contributed by atoms with van der Waals surface area (Å²) in [6.45, 7) is 4.26. The van der Waals surface area contributed by atoms with Crippen LogP contribution in [0.2, 0.25) is 0 Å². The summed E-state index contributed by atoms with van der Waals surface area (Å²) < 4.78 is 13.0. The van der Waals surface area contributed by atoms with Gasteiger partial charge in [0.1, 0.15) is 5.82 Å². The van der Waals surface area contributed by atoms with E-state index in [1.54, 1.807) is 30.9 Å². The van der Waals surface area contributed by atoms with Gasteiger partial charge in [0.05, 0.1) is 11.3 Å². The highest BCUT2D eigenvalue weighted by Gasteiger charge is 2.38. The van der Waals surface area contributed by atoms with Gasteiger partial charge in [-0.3, -0.25) is 9.59 Å². The molecule has 1 aliphatic heterocycles. The Morgan fingerprint density at radius 1 is 1.30 bits per heavy atom. The minimum absolute atomic E-state index is 0.118. The van der Waals surface area contributed by atoms with Crippen molar-refractivity contribution in [3.63, 3.8) is 0 Å². The normalized spacial score (nSPS) is 19.1. The van der Waals surface area contributed by atoms with E-state index in [4.69, 9.17) is 5.11 Å². The zero-order valence-electron chi connectivity index (χ0n) is 11.6. The van der Waals surface area contributed by atoms with Gasteiger partial charge in [-0.15, -0.1) is 0 Å². The molecule has 1 aromatic rings. The van der Waals surface area contributed by atoms with Crippen LogP contribution < -0.4 is 0 Å². The number of likely N-dealkylation sites (tertiary alicyclic amines) is 1. The largest absolute Gasteiger partial charge is 0.481 e. The number of amides is 1. The summed E-state index contributed by atoms with van der Waals surface area (Å²) in [5, 5.41) is 8.98. The number of benzene rings is 1. The first kappa shape index (κ1) is 14.5. The van der Waals surface area contributed by atoms with E-state index in [1.807, 2.05) is 0 Å². The highest BCUT2D eigenvalue weighted by Crippen LogP contribution is 2.29. The number of halogens is 1.